The molecule has 0 radical (unpaired) electrons. The molecular weight excluding hydrogens is 136 g/mol. The minimum Gasteiger partial charge on any atom is -0.314 e. The number of rotatable bonds is 2. The Hall–Kier alpha value is -0.370. The van der Waals surface area contributed by atoms with E-state index < -0.39 is 0 Å². The first-order valence-electron chi connectivity index (χ1n) is 4.43. The second kappa shape index (κ2) is 7.73. The summed E-state index contributed by atoms with van der Waals surface area (Å²) in [6.45, 7) is 6.43. The second-order valence-corrected chi connectivity index (χ2v) is 2.86. The maximum Gasteiger partial charge on any atom is 0.0269 e. The van der Waals surface area contributed by atoms with Crippen LogP contribution >= 0.6 is 0 Å². The topological polar surface area (TPSA) is 24.4 Å². The lowest BCUT2D eigenvalue weighted by molar-refractivity contribution is 0.542. The molecule has 0 atom stereocenters. The molecular formula is C9H20N2. The van der Waals surface area contributed by atoms with Crippen molar-refractivity contribution >= 4 is 6.72 Å². The highest BCUT2D eigenvalue weighted by Gasteiger charge is 2.11. The Morgan fingerprint density at radius 3 is 2.27 bits per heavy atom. The number of hydrogen-bond acceptors (Lipinski definition) is 2. The van der Waals surface area contributed by atoms with Crippen LogP contribution in [0.2, 0.25) is 0 Å². The minimum absolute atomic E-state index is 0.861. The van der Waals surface area contributed by atoms with E-state index in [0.717, 1.165) is 12.6 Å². The quantitative estimate of drug-likeness (QED) is 0.606. The van der Waals surface area contributed by atoms with Gasteiger partial charge in [0.25, 0.3) is 0 Å². The number of hydrogen-bond donors (Lipinski definition) is 1. The monoisotopic (exact) mass is 156 g/mol. The standard InChI is InChI=1S/C7H15N.C2H5N/c1-2-8-7-5-3-4-6-7;1-3-2/h7-8H,2-6H2,1H3;1H2,2H3. The predicted molar refractivity (Wildman–Crippen MR) is 51.4 cm³/mol. The molecule has 1 aliphatic rings. The number of aliphatic imine (C=N–C) groups is 1. The number of nitrogens with one attached hydrogen (secondary N) is 1. The third-order valence-corrected chi connectivity index (χ3v) is 1.85. The summed E-state index contributed by atoms with van der Waals surface area (Å²) < 4.78 is 0. The lowest BCUT2D eigenvalue weighted by Gasteiger charge is -2.07. The van der Waals surface area contributed by atoms with E-state index in [2.05, 4.69) is 24.0 Å². The molecule has 11 heavy (non-hydrogen) atoms. The van der Waals surface area contributed by atoms with E-state index in [4.69, 9.17) is 0 Å². The van der Waals surface area contributed by atoms with Gasteiger partial charge in [0.1, 0.15) is 0 Å². The van der Waals surface area contributed by atoms with Gasteiger partial charge in [0.2, 0.25) is 0 Å². The Labute approximate surface area is 70.1 Å². The highest BCUT2D eigenvalue weighted by atomic mass is 14.9. The van der Waals surface area contributed by atoms with Gasteiger partial charge in [-0.15, -0.1) is 0 Å². The average Bonchev–Trinajstić information content (AvgIpc) is 2.42. The van der Waals surface area contributed by atoms with Crippen molar-refractivity contribution in [1.82, 2.24) is 5.32 Å². The van der Waals surface area contributed by atoms with Gasteiger partial charge in [-0.25, -0.2) is 0 Å². The van der Waals surface area contributed by atoms with E-state index >= 15 is 0 Å². The summed E-state index contributed by atoms with van der Waals surface area (Å²) in [7, 11) is 1.64. The van der Waals surface area contributed by atoms with Crippen LogP contribution in [-0.2, 0) is 0 Å². The minimum atomic E-state index is 0.861. The molecule has 0 spiro atoms. The molecule has 66 valence electrons. The molecule has 1 rings (SSSR count). The zero-order chi connectivity index (χ0) is 8.53. The van der Waals surface area contributed by atoms with Crippen molar-refractivity contribution in [1.29, 1.82) is 0 Å². The smallest absolute Gasteiger partial charge is 0.0269 e. The largest absolute Gasteiger partial charge is 0.314 e. The van der Waals surface area contributed by atoms with Crippen LogP contribution in [0, 0.1) is 0 Å². The molecule has 1 N–H and O–H groups in total. The van der Waals surface area contributed by atoms with Crippen molar-refractivity contribution in [3.05, 3.63) is 0 Å². The lowest BCUT2D eigenvalue weighted by atomic mass is 10.2. The van der Waals surface area contributed by atoms with E-state index in [0.29, 0.717) is 0 Å². The van der Waals surface area contributed by atoms with E-state index in [-0.39, 0.29) is 0 Å². The maximum atomic E-state index is 3.44. The molecule has 1 saturated carbocycles. The van der Waals surface area contributed by atoms with Crippen molar-refractivity contribution in [2.75, 3.05) is 13.6 Å². The summed E-state index contributed by atoms with van der Waals surface area (Å²) in [5.41, 5.74) is 0. The van der Waals surface area contributed by atoms with Crippen LogP contribution in [0.15, 0.2) is 4.99 Å². The molecule has 0 saturated heterocycles. The Bertz CT molecular complexity index is 85.6. The maximum absolute atomic E-state index is 3.44. The zero-order valence-corrected chi connectivity index (χ0v) is 7.77. The molecule has 1 aliphatic carbocycles. The van der Waals surface area contributed by atoms with Crippen LogP contribution < -0.4 is 5.32 Å². The van der Waals surface area contributed by atoms with Crippen molar-refractivity contribution in [2.24, 2.45) is 4.99 Å². The SMILES string of the molecule is C=NC.CCNC1CCCC1. The molecule has 0 amide bonds. The van der Waals surface area contributed by atoms with Crippen LogP contribution in [0.1, 0.15) is 32.6 Å². The fraction of sp³-hybridized carbons (Fsp3) is 0.889. The fourth-order valence-corrected chi connectivity index (χ4v) is 1.42. The lowest BCUT2D eigenvalue weighted by Crippen LogP contribution is -2.24. The summed E-state index contributed by atoms with van der Waals surface area (Å²) in [6.07, 6.45) is 5.71. The van der Waals surface area contributed by atoms with Crippen LogP contribution in [0.4, 0.5) is 0 Å². The fourth-order valence-electron chi connectivity index (χ4n) is 1.42. The van der Waals surface area contributed by atoms with Crippen molar-refractivity contribution in [3.8, 4) is 0 Å². The Kier molecular flexibility index (Phi) is 7.47. The molecule has 0 aliphatic heterocycles. The summed E-state index contributed by atoms with van der Waals surface area (Å²) >= 11 is 0. The van der Waals surface area contributed by atoms with Gasteiger partial charge in [-0.05, 0) is 26.1 Å². The third kappa shape index (κ3) is 6.05. The first-order valence-corrected chi connectivity index (χ1v) is 4.43. The Morgan fingerprint density at radius 1 is 1.45 bits per heavy atom. The van der Waals surface area contributed by atoms with Crippen molar-refractivity contribution < 1.29 is 0 Å². The second-order valence-electron chi connectivity index (χ2n) is 2.86. The first-order chi connectivity index (χ1) is 5.35. The molecule has 2 heteroatoms. The van der Waals surface area contributed by atoms with E-state index in [1.165, 1.54) is 25.7 Å². The highest BCUT2D eigenvalue weighted by molar-refractivity contribution is 5.22. The molecule has 0 heterocycles. The van der Waals surface area contributed by atoms with E-state index in [1.807, 2.05) is 0 Å². The third-order valence-electron chi connectivity index (χ3n) is 1.85. The molecule has 0 unspecified atom stereocenters. The normalized spacial score (nSPS) is 17.3. The molecule has 0 aromatic rings. The van der Waals surface area contributed by atoms with Crippen LogP contribution in [-0.4, -0.2) is 26.4 Å². The van der Waals surface area contributed by atoms with Gasteiger partial charge in [-0.3, -0.25) is 0 Å². The molecule has 2 nitrogen and oxygen atoms in total. The van der Waals surface area contributed by atoms with Gasteiger partial charge in [0.15, 0.2) is 0 Å². The first kappa shape index (κ1) is 10.6. The highest BCUT2D eigenvalue weighted by Crippen LogP contribution is 2.16. The van der Waals surface area contributed by atoms with Gasteiger partial charge in [-0.1, -0.05) is 19.8 Å². The molecule has 0 aromatic carbocycles. The van der Waals surface area contributed by atoms with Gasteiger partial charge >= 0.3 is 0 Å². The van der Waals surface area contributed by atoms with E-state index in [1.54, 1.807) is 7.05 Å². The van der Waals surface area contributed by atoms with Crippen LogP contribution in [0.5, 0.6) is 0 Å². The molecule has 0 bridgehead atoms. The Morgan fingerprint density at radius 2 is 1.91 bits per heavy atom. The summed E-state index contributed by atoms with van der Waals surface area (Å²) in [4.78, 5) is 3.25. The number of nitrogens with zero attached hydrogens (tertiary/aromatic N) is 1. The summed E-state index contributed by atoms with van der Waals surface area (Å²) in [6, 6.07) is 0.861. The van der Waals surface area contributed by atoms with Crippen LogP contribution in [0.25, 0.3) is 0 Å². The van der Waals surface area contributed by atoms with E-state index in [9.17, 15) is 0 Å². The summed E-state index contributed by atoms with van der Waals surface area (Å²) in [5, 5.41) is 3.44. The molecule has 1 fully saturated rings. The Balaban J connectivity index is 0.000000292. The van der Waals surface area contributed by atoms with Crippen molar-refractivity contribution in [3.63, 3.8) is 0 Å². The van der Waals surface area contributed by atoms with Crippen molar-refractivity contribution in [2.45, 2.75) is 38.6 Å². The predicted octanol–water partition coefficient (Wildman–Crippen LogP) is 1.86. The van der Waals surface area contributed by atoms with Gasteiger partial charge < -0.3 is 10.3 Å². The average molecular weight is 156 g/mol. The zero-order valence-electron chi connectivity index (χ0n) is 7.77. The summed E-state index contributed by atoms with van der Waals surface area (Å²) in [5.74, 6) is 0. The van der Waals surface area contributed by atoms with Crippen LogP contribution in [0.3, 0.4) is 0 Å². The molecule has 0 aromatic heterocycles. The van der Waals surface area contributed by atoms with Gasteiger partial charge in [0, 0.05) is 13.1 Å². The van der Waals surface area contributed by atoms with Gasteiger partial charge in [-0.2, -0.15) is 0 Å². The van der Waals surface area contributed by atoms with Gasteiger partial charge in [0.05, 0.1) is 0 Å².